The van der Waals surface area contributed by atoms with E-state index in [1.54, 1.807) is 11.8 Å². The van der Waals surface area contributed by atoms with E-state index < -0.39 is 0 Å². The second kappa shape index (κ2) is 4.61. The van der Waals surface area contributed by atoms with Gasteiger partial charge in [0.2, 0.25) is 0 Å². The molecule has 1 rings (SSSR count). The van der Waals surface area contributed by atoms with Gasteiger partial charge in [-0.25, -0.2) is 0 Å². The third kappa shape index (κ3) is 3.35. The molecule has 0 radical (unpaired) electrons. The van der Waals surface area contributed by atoms with Crippen molar-refractivity contribution in [1.29, 1.82) is 0 Å². The van der Waals surface area contributed by atoms with Crippen LogP contribution in [0.5, 0.6) is 0 Å². The average Bonchev–Trinajstić information content (AvgIpc) is 2.04. The van der Waals surface area contributed by atoms with Gasteiger partial charge < -0.3 is 0 Å². The molecular weight excluding hydrogens is 180 g/mol. The van der Waals surface area contributed by atoms with Gasteiger partial charge in [0.1, 0.15) is 5.03 Å². The van der Waals surface area contributed by atoms with Crippen LogP contribution in [0.1, 0.15) is 39.3 Å². The molecule has 2 nitrogen and oxygen atoms in total. The molecule has 0 atom stereocenters. The first-order valence-electron chi connectivity index (χ1n) is 4.60. The maximum atomic E-state index is 4.16. The molecule has 0 fully saturated rings. The van der Waals surface area contributed by atoms with Crippen LogP contribution in [0.25, 0.3) is 0 Å². The van der Waals surface area contributed by atoms with E-state index in [9.17, 15) is 0 Å². The highest BCUT2D eigenvalue weighted by atomic mass is 32.2. The van der Waals surface area contributed by atoms with Crippen LogP contribution in [-0.2, 0) is 0 Å². The average molecular weight is 196 g/mol. The standard InChI is InChI=1S/C10H16N2S/c1-7(2)9-5-6-10(12-11-9)13-8(3)4/h5-8H,1-4H3. The largest absolute Gasteiger partial charge is 0.154 e. The van der Waals surface area contributed by atoms with Gasteiger partial charge in [0.15, 0.2) is 0 Å². The quantitative estimate of drug-likeness (QED) is 0.695. The summed E-state index contributed by atoms with van der Waals surface area (Å²) in [5, 5.41) is 9.90. The van der Waals surface area contributed by atoms with Crippen molar-refractivity contribution in [2.45, 2.75) is 43.9 Å². The van der Waals surface area contributed by atoms with Gasteiger partial charge >= 0.3 is 0 Å². The van der Waals surface area contributed by atoms with Crippen LogP contribution in [-0.4, -0.2) is 15.4 Å². The van der Waals surface area contributed by atoms with E-state index in [2.05, 4.69) is 44.0 Å². The number of nitrogens with zero attached hydrogens (tertiary/aromatic N) is 2. The zero-order valence-corrected chi connectivity index (χ0v) is 9.43. The molecule has 0 spiro atoms. The van der Waals surface area contributed by atoms with Crippen LogP contribution < -0.4 is 0 Å². The molecular formula is C10H16N2S. The maximum Gasteiger partial charge on any atom is 0.119 e. The second-order valence-electron chi connectivity index (χ2n) is 3.62. The highest BCUT2D eigenvalue weighted by molar-refractivity contribution is 7.99. The van der Waals surface area contributed by atoms with Crippen molar-refractivity contribution in [1.82, 2.24) is 10.2 Å². The van der Waals surface area contributed by atoms with Crippen LogP contribution in [0, 0.1) is 0 Å². The van der Waals surface area contributed by atoms with E-state index in [4.69, 9.17) is 0 Å². The Labute approximate surface area is 84.2 Å². The van der Waals surface area contributed by atoms with E-state index >= 15 is 0 Å². The number of thioether (sulfide) groups is 1. The van der Waals surface area contributed by atoms with E-state index in [1.165, 1.54) is 0 Å². The Kier molecular flexibility index (Phi) is 3.72. The first-order valence-corrected chi connectivity index (χ1v) is 5.48. The topological polar surface area (TPSA) is 25.8 Å². The van der Waals surface area contributed by atoms with Gasteiger partial charge in [-0.3, -0.25) is 0 Å². The van der Waals surface area contributed by atoms with Crippen molar-refractivity contribution in [2.24, 2.45) is 0 Å². The van der Waals surface area contributed by atoms with Crippen molar-refractivity contribution >= 4 is 11.8 Å². The lowest BCUT2D eigenvalue weighted by Crippen LogP contribution is -1.97. The first kappa shape index (κ1) is 10.5. The fourth-order valence-corrected chi connectivity index (χ4v) is 1.66. The monoisotopic (exact) mass is 196 g/mol. The van der Waals surface area contributed by atoms with Gasteiger partial charge in [-0.05, 0) is 18.1 Å². The first-order chi connectivity index (χ1) is 6.09. The van der Waals surface area contributed by atoms with Crippen molar-refractivity contribution in [3.8, 4) is 0 Å². The second-order valence-corrected chi connectivity index (χ2v) is 5.21. The number of rotatable bonds is 3. The molecule has 0 amide bonds. The summed E-state index contributed by atoms with van der Waals surface area (Å²) in [6, 6.07) is 4.11. The molecule has 13 heavy (non-hydrogen) atoms. The van der Waals surface area contributed by atoms with E-state index in [-0.39, 0.29) is 0 Å². The smallest absolute Gasteiger partial charge is 0.119 e. The molecule has 0 bridgehead atoms. The highest BCUT2D eigenvalue weighted by Crippen LogP contribution is 2.20. The van der Waals surface area contributed by atoms with Crippen LogP contribution in [0.4, 0.5) is 0 Å². The SMILES string of the molecule is CC(C)Sc1ccc(C(C)C)nn1. The summed E-state index contributed by atoms with van der Waals surface area (Å²) in [4.78, 5) is 0. The number of hydrogen-bond donors (Lipinski definition) is 0. The lowest BCUT2D eigenvalue weighted by Gasteiger charge is -2.05. The summed E-state index contributed by atoms with van der Waals surface area (Å²) < 4.78 is 0. The molecule has 0 aliphatic heterocycles. The van der Waals surface area contributed by atoms with Crippen molar-refractivity contribution in [2.75, 3.05) is 0 Å². The minimum absolute atomic E-state index is 0.464. The fraction of sp³-hybridized carbons (Fsp3) is 0.600. The Hall–Kier alpha value is -0.570. The minimum Gasteiger partial charge on any atom is -0.154 e. The van der Waals surface area contributed by atoms with Gasteiger partial charge in [-0.1, -0.05) is 27.7 Å². The van der Waals surface area contributed by atoms with Crippen LogP contribution in [0.3, 0.4) is 0 Å². The zero-order chi connectivity index (χ0) is 9.84. The molecule has 1 aromatic heterocycles. The Bertz CT molecular complexity index is 254. The lowest BCUT2D eigenvalue weighted by molar-refractivity contribution is 0.762. The Morgan fingerprint density at radius 2 is 1.77 bits per heavy atom. The third-order valence-corrected chi connectivity index (χ3v) is 2.54. The molecule has 0 aliphatic carbocycles. The molecule has 0 aliphatic rings. The lowest BCUT2D eigenvalue weighted by atomic mass is 10.1. The van der Waals surface area contributed by atoms with Gasteiger partial charge in [-0.15, -0.1) is 16.9 Å². The predicted molar refractivity (Wildman–Crippen MR) is 57.1 cm³/mol. The van der Waals surface area contributed by atoms with Crippen LogP contribution in [0.2, 0.25) is 0 Å². The van der Waals surface area contributed by atoms with Crippen molar-refractivity contribution < 1.29 is 0 Å². The normalized spacial score (nSPS) is 11.2. The fourth-order valence-electron chi connectivity index (χ4n) is 0.943. The third-order valence-electron chi connectivity index (χ3n) is 1.61. The molecule has 0 saturated heterocycles. The summed E-state index contributed by atoms with van der Waals surface area (Å²) in [6.07, 6.45) is 0. The van der Waals surface area contributed by atoms with Crippen LogP contribution >= 0.6 is 11.8 Å². The van der Waals surface area contributed by atoms with Crippen LogP contribution in [0.15, 0.2) is 17.2 Å². The number of hydrogen-bond acceptors (Lipinski definition) is 3. The molecule has 0 saturated carbocycles. The minimum atomic E-state index is 0.464. The van der Waals surface area contributed by atoms with Crippen molar-refractivity contribution in [3.63, 3.8) is 0 Å². The maximum absolute atomic E-state index is 4.16. The Morgan fingerprint density at radius 1 is 1.08 bits per heavy atom. The van der Waals surface area contributed by atoms with E-state index in [0.717, 1.165) is 10.7 Å². The van der Waals surface area contributed by atoms with Gasteiger partial charge in [-0.2, -0.15) is 5.10 Å². The molecule has 0 aromatic carbocycles. The summed E-state index contributed by atoms with van der Waals surface area (Å²) in [6.45, 7) is 8.56. The predicted octanol–water partition coefficient (Wildman–Crippen LogP) is 3.10. The molecule has 3 heteroatoms. The molecule has 1 heterocycles. The van der Waals surface area contributed by atoms with Crippen molar-refractivity contribution in [3.05, 3.63) is 17.8 Å². The summed E-state index contributed by atoms with van der Waals surface area (Å²) in [5.41, 5.74) is 1.06. The summed E-state index contributed by atoms with van der Waals surface area (Å²) in [5.74, 6) is 0.464. The van der Waals surface area contributed by atoms with E-state index in [0.29, 0.717) is 11.2 Å². The summed E-state index contributed by atoms with van der Waals surface area (Å²) in [7, 11) is 0. The molecule has 0 unspecified atom stereocenters. The number of aromatic nitrogens is 2. The molecule has 0 N–H and O–H groups in total. The zero-order valence-electron chi connectivity index (χ0n) is 8.61. The highest BCUT2D eigenvalue weighted by Gasteiger charge is 2.03. The summed E-state index contributed by atoms with van der Waals surface area (Å²) >= 11 is 1.75. The van der Waals surface area contributed by atoms with Gasteiger partial charge in [0, 0.05) is 5.25 Å². The Morgan fingerprint density at radius 3 is 2.15 bits per heavy atom. The molecule has 1 aromatic rings. The van der Waals surface area contributed by atoms with Gasteiger partial charge in [0.05, 0.1) is 5.69 Å². The van der Waals surface area contributed by atoms with Gasteiger partial charge in [0.25, 0.3) is 0 Å². The Balaban J connectivity index is 2.70. The molecule has 72 valence electrons. The van der Waals surface area contributed by atoms with E-state index in [1.807, 2.05) is 6.07 Å².